The van der Waals surface area contributed by atoms with Crippen LogP contribution < -0.4 is 5.32 Å². The maximum absolute atomic E-state index is 13.2. The highest BCUT2D eigenvalue weighted by molar-refractivity contribution is 5.77. The number of carbonyl (C=O) groups is 1. The molecule has 0 spiro atoms. The fourth-order valence-corrected chi connectivity index (χ4v) is 2.97. The fourth-order valence-electron chi connectivity index (χ4n) is 2.97. The molecule has 2 aromatic heterocycles. The Hall–Kier alpha value is -3.54. The Morgan fingerprint density at radius 1 is 1.14 bits per heavy atom. The van der Waals surface area contributed by atoms with Crippen molar-refractivity contribution in [2.45, 2.75) is 19.4 Å². The highest BCUT2D eigenvalue weighted by Gasteiger charge is 2.22. The molecule has 2 heterocycles. The number of benzene rings is 2. The third-order valence-electron chi connectivity index (χ3n) is 4.44. The van der Waals surface area contributed by atoms with Crippen molar-refractivity contribution >= 4 is 17.0 Å². The van der Waals surface area contributed by atoms with Gasteiger partial charge in [-0.1, -0.05) is 19.1 Å². The van der Waals surface area contributed by atoms with Crippen LogP contribution in [0.25, 0.3) is 22.4 Å². The van der Waals surface area contributed by atoms with E-state index in [1.165, 1.54) is 12.1 Å². The number of hydrogen-bond donors (Lipinski definition) is 1. The summed E-state index contributed by atoms with van der Waals surface area (Å²) in [5.74, 6) is -0.0221. The summed E-state index contributed by atoms with van der Waals surface area (Å²) >= 11 is 0. The molecule has 0 aliphatic heterocycles. The van der Waals surface area contributed by atoms with E-state index in [-0.39, 0.29) is 11.7 Å². The molecule has 5 nitrogen and oxygen atoms in total. The summed E-state index contributed by atoms with van der Waals surface area (Å²) in [6.07, 6.45) is 1.99. The van der Waals surface area contributed by atoms with Crippen LogP contribution in [0, 0.1) is 5.82 Å². The number of rotatable bonds is 5. The zero-order chi connectivity index (χ0) is 19.5. The molecule has 0 aliphatic carbocycles. The predicted octanol–water partition coefficient (Wildman–Crippen LogP) is 4.64. The Balaban J connectivity index is 1.77. The average molecular weight is 375 g/mol. The molecule has 0 saturated heterocycles. The summed E-state index contributed by atoms with van der Waals surface area (Å²) in [7, 11) is 0. The topological polar surface area (TPSA) is 68.0 Å². The van der Waals surface area contributed by atoms with Crippen molar-refractivity contribution in [3.8, 4) is 11.3 Å². The molecular weight excluding hydrogens is 357 g/mol. The van der Waals surface area contributed by atoms with Crippen LogP contribution >= 0.6 is 0 Å². The maximum atomic E-state index is 13.2. The molecule has 0 aliphatic rings. The molecule has 2 aromatic carbocycles. The standard InChI is InChI=1S/C22H18FN3O2/c1-2-20(27)26-21(22-25-17-5-3-4-6-19(17)28-22)15-11-12-24-18(13-15)14-7-9-16(23)10-8-14/h3-13,21H,2H2,1H3,(H,26,27). The first-order valence-corrected chi connectivity index (χ1v) is 9.01. The minimum absolute atomic E-state index is 0.118. The van der Waals surface area contributed by atoms with Gasteiger partial charge in [-0.3, -0.25) is 9.78 Å². The quantitative estimate of drug-likeness (QED) is 0.552. The van der Waals surface area contributed by atoms with Crippen molar-refractivity contribution < 1.29 is 13.6 Å². The van der Waals surface area contributed by atoms with Gasteiger partial charge in [-0.15, -0.1) is 0 Å². The second-order valence-electron chi connectivity index (χ2n) is 6.36. The van der Waals surface area contributed by atoms with E-state index in [1.54, 1.807) is 25.3 Å². The Morgan fingerprint density at radius 3 is 2.68 bits per heavy atom. The van der Waals surface area contributed by atoms with Crippen molar-refractivity contribution in [1.29, 1.82) is 0 Å². The van der Waals surface area contributed by atoms with Gasteiger partial charge in [0.25, 0.3) is 0 Å². The Kier molecular flexibility index (Phi) is 4.85. The molecule has 28 heavy (non-hydrogen) atoms. The van der Waals surface area contributed by atoms with Gasteiger partial charge in [0.15, 0.2) is 5.58 Å². The number of nitrogens with one attached hydrogen (secondary N) is 1. The lowest BCUT2D eigenvalue weighted by atomic mass is 10.0. The van der Waals surface area contributed by atoms with E-state index in [9.17, 15) is 9.18 Å². The minimum Gasteiger partial charge on any atom is -0.438 e. The average Bonchev–Trinajstić information content (AvgIpc) is 3.16. The van der Waals surface area contributed by atoms with Crippen molar-refractivity contribution in [3.63, 3.8) is 0 Å². The number of nitrogens with zero attached hydrogens (tertiary/aromatic N) is 2. The van der Waals surface area contributed by atoms with Crippen LogP contribution in [0.15, 0.2) is 71.3 Å². The number of fused-ring (bicyclic) bond motifs is 1. The summed E-state index contributed by atoms with van der Waals surface area (Å²) in [4.78, 5) is 21.0. The van der Waals surface area contributed by atoms with E-state index in [2.05, 4.69) is 15.3 Å². The van der Waals surface area contributed by atoms with Crippen LogP contribution in [0.5, 0.6) is 0 Å². The first-order chi connectivity index (χ1) is 13.6. The van der Waals surface area contributed by atoms with Crippen LogP contribution in [0.1, 0.15) is 30.8 Å². The largest absolute Gasteiger partial charge is 0.438 e. The molecule has 0 radical (unpaired) electrons. The number of hydrogen-bond acceptors (Lipinski definition) is 4. The lowest BCUT2D eigenvalue weighted by Gasteiger charge is -2.16. The first-order valence-electron chi connectivity index (χ1n) is 9.01. The number of oxazole rings is 1. The summed E-state index contributed by atoms with van der Waals surface area (Å²) in [6, 6.07) is 16.7. The van der Waals surface area contributed by atoms with E-state index in [1.807, 2.05) is 36.4 Å². The van der Waals surface area contributed by atoms with Crippen LogP contribution in [-0.4, -0.2) is 15.9 Å². The van der Waals surface area contributed by atoms with E-state index < -0.39 is 6.04 Å². The first kappa shape index (κ1) is 17.9. The van der Waals surface area contributed by atoms with Crippen LogP contribution in [0.3, 0.4) is 0 Å². The van der Waals surface area contributed by atoms with Crippen LogP contribution in [0.2, 0.25) is 0 Å². The molecule has 0 bridgehead atoms. The predicted molar refractivity (Wildman–Crippen MR) is 104 cm³/mol. The summed E-state index contributed by atoms with van der Waals surface area (Å²) in [5.41, 5.74) is 3.61. The summed E-state index contributed by atoms with van der Waals surface area (Å²) in [5, 5.41) is 2.97. The van der Waals surface area contributed by atoms with Crippen molar-refractivity contribution in [3.05, 3.63) is 84.1 Å². The lowest BCUT2D eigenvalue weighted by molar-refractivity contribution is -0.121. The van der Waals surface area contributed by atoms with Gasteiger partial charge in [0.05, 0.1) is 5.69 Å². The van der Waals surface area contributed by atoms with Gasteiger partial charge in [0.2, 0.25) is 11.8 Å². The molecule has 6 heteroatoms. The van der Waals surface area contributed by atoms with Crippen LogP contribution in [0.4, 0.5) is 4.39 Å². The molecule has 4 rings (SSSR count). The molecule has 1 unspecified atom stereocenters. The summed E-state index contributed by atoms with van der Waals surface area (Å²) in [6.45, 7) is 1.79. The number of pyridine rings is 1. The molecule has 1 atom stereocenters. The van der Waals surface area contributed by atoms with Crippen molar-refractivity contribution in [2.75, 3.05) is 0 Å². The zero-order valence-corrected chi connectivity index (χ0v) is 15.2. The SMILES string of the molecule is CCC(=O)NC(c1ccnc(-c2ccc(F)cc2)c1)c1nc2ccccc2o1. The molecule has 0 saturated carbocycles. The lowest BCUT2D eigenvalue weighted by Crippen LogP contribution is -2.28. The van der Waals surface area contributed by atoms with E-state index >= 15 is 0 Å². The van der Waals surface area contributed by atoms with Gasteiger partial charge in [-0.25, -0.2) is 9.37 Å². The van der Waals surface area contributed by atoms with Gasteiger partial charge in [-0.05, 0) is 54.1 Å². The van der Waals surface area contributed by atoms with Gasteiger partial charge in [0, 0.05) is 18.2 Å². The number of halogens is 1. The highest BCUT2D eigenvalue weighted by atomic mass is 19.1. The highest BCUT2D eigenvalue weighted by Crippen LogP contribution is 2.28. The molecule has 0 fully saturated rings. The Bertz CT molecular complexity index is 1090. The Labute approximate surface area is 161 Å². The second kappa shape index (κ2) is 7.60. The maximum Gasteiger partial charge on any atom is 0.222 e. The van der Waals surface area contributed by atoms with E-state index in [4.69, 9.17) is 4.42 Å². The molecular formula is C22H18FN3O2. The fraction of sp³-hybridized carbons (Fsp3) is 0.136. The summed E-state index contributed by atoms with van der Waals surface area (Å²) < 4.78 is 19.1. The number of amides is 1. The monoisotopic (exact) mass is 375 g/mol. The number of carbonyl (C=O) groups excluding carboxylic acids is 1. The molecule has 1 amide bonds. The van der Waals surface area contributed by atoms with E-state index in [0.717, 1.165) is 16.6 Å². The number of aromatic nitrogens is 2. The van der Waals surface area contributed by atoms with Crippen molar-refractivity contribution in [2.24, 2.45) is 0 Å². The number of para-hydroxylation sites is 2. The smallest absolute Gasteiger partial charge is 0.222 e. The Morgan fingerprint density at radius 2 is 1.93 bits per heavy atom. The third-order valence-corrected chi connectivity index (χ3v) is 4.44. The van der Waals surface area contributed by atoms with Crippen molar-refractivity contribution in [1.82, 2.24) is 15.3 Å². The van der Waals surface area contributed by atoms with Gasteiger partial charge in [-0.2, -0.15) is 0 Å². The zero-order valence-electron chi connectivity index (χ0n) is 15.2. The van der Waals surface area contributed by atoms with Gasteiger partial charge in [0.1, 0.15) is 17.4 Å². The molecule has 1 N–H and O–H groups in total. The second-order valence-corrected chi connectivity index (χ2v) is 6.36. The molecule has 140 valence electrons. The molecule has 4 aromatic rings. The minimum atomic E-state index is -0.554. The van der Waals surface area contributed by atoms with Gasteiger partial charge < -0.3 is 9.73 Å². The van der Waals surface area contributed by atoms with Gasteiger partial charge >= 0.3 is 0 Å². The van der Waals surface area contributed by atoms with Crippen LogP contribution in [-0.2, 0) is 4.79 Å². The normalized spacial score (nSPS) is 12.1. The third kappa shape index (κ3) is 3.62. The van der Waals surface area contributed by atoms with E-state index in [0.29, 0.717) is 23.6 Å².